The van der Waals surface area contributed by atoms with Gasteiger partial charge in [-0.2, -0.15) is 8.78 Å². The summed E-state index contributed by atoms with van der Waals surface area (Å²) in [6.45, 7) is 1.68. The topological polar surface area (TPSA) is 127 Å². The van der Waals surface area contributed by atoms with E-state index in [0.29, 0.717) is 79.9 Å². The molecule has 0 unspecified atom stereocenters. The maximum atomic E-state index is 16.5. The Morgan fingerprint density at radius 3 is 1.22 bits per heavy atom. The number of halogens is 4. The SMILES string of the molecule is CCCCOc1c(F)c(F)c(-c2c3nc(c(-c4cccc(O)c4)c4ccc([nH]4)c(-c4cccc(O)c4)c4nc(c(-c5cccc(O)c5)c5ccc2[nH]5)C=C4)C=C3)c(F)c1F. The second kappa shape index (κ2) is 15.3. The van der Waals surface area contributed by atoms with Crippen molar-refractivity contribution >= 4 is 46.4 Å². The molecule has 0 atom stereocenters. The number of unbranched alkanes of at least 4 members (excludes halogenated alkanes) is 1. The molecule has 8 nitrogen and oxygen atoms in total. The second-order valence-corrected chi connectivity index (χ2v) is 14.3. The zero-order valence-electron chi connectivity index (χ0n) is 31.8. The molecule has 7 aromatic rings. The number of aromatic amines is 2. The van der Waals surface area contributed by atoms with Crippen LogP contribution in [-0.4, -0.2) is 41.9 Å². The smallest absolute Gasteiger partial charge is 0.204 e. The average Bonchev–Trinajstić information content (AvgIpc) is 4.08. The van der Waals surface area contributed by atoms with E-state index in [0.717, 1.165) is 0 Å². The van der Waals surface area contributed by atoms with E-state index < -0.39 is 34.6 Å². The molecule has 8 bridgehead atoms. The first-order chi connectivity index (χ1) is 29.1. The molecule has 12 heteroatoms. The molecule has 0 radical (unpaired) electrons. The third kappa shape index (κ3) is 6.71. The van der Waals surface area contributed by atoms with E-state index in [-0.39, 0.29) is 40.6 Å². The molecule has 5 heterocycles. The maximum absolute atomic E-state index is 16.5. The van der Waals surface area contributed by atoms with Crippen LogP contribution in [-0.2, 0) is 0 Å². The van der Waals surface area contributed by atoms with Gasteiger partial charge in [0.2, 0.25) is 11.6 Å². The van der Waals surface area contributed by atoms with Crippen molar-refractivity contribution in [3.63, 3.8) is 0 Å². The van der Waals surface area contributed by atoms with Crippen molar-refractivity contribution < 1.29 is 37.6 Å². The van der Waals surface area contributed by atoms with Crippen molar-refractivity contribution in [3.8, 4) is 67.5 Å². The zero-order chi connectivity index (χ0) is 41.7. The molecule has 60 heavy (non-hydrogen) atoms. The highest BCUT2D eigenvalue weighted by atomic mass is 19.2. The minimum Gasteiger partial charge on any atom is -0.508 e. The predicted molar refractivity (Wildman–Crippen MR) is 226 cm³/mol. The first-order valence-electron chi connectivity index (χ1n) is 19.1. The molecule has 2 aliphatic heterocycles. The molecule has 0 saturated carbocycles. The number of nitrogens with one attached hydrogen (secondary N) is 2. The summed E-state index contributed by atoms with van der Waals surface area (Å²) in [4.78, 5) is 16.7. The fourth-order valence-corrected chi connectivity index (χ4v) is 7.64. The number of phenols is 3. The molecule has 0 aliphatic carbocycles. The molecule has 4 aromatic carbocycles. The number of fused-ring (bicyclic) bond motifs is 8. The summed E-state index contributed by atoms with van der Waals surface area (Å²) >= 11 is 0. The third-order valence-corrected chi connectivity index (χ3v) is 10.4. The van der Waals surface area contributed by atoms with Gasteiger partial charge in [0.1, 0.15) is 17.2 Å². The summed E-state index contributed by atoms with van der Waals surface area (Å²) < 4.78 is 69.9. The summed E-state index contributed by atoms with van der Waals surface area (Å²) in [7, 11) is 0. The lowest BCUT2D eigenvalue weighted by atomic mass is 10.0. The van der Waals surface area contributed by atoms with Gasteiger partial charge in [0.15, 0.2) is 17.4 Å². The quantitative estimate of drug-likeness (QED) is 0.0591. The van der Waals surface area contributed by atoms with Crippen LogP contribution in [0.1, 0.15) is 42.5 Å². The molecule has 298 valence electrons. The van der Waals surface area contributed by atoms with E-state index in [9.17, 15) is 15.3 Å². The van der Waals surface area contributed by atoms with Crippen molar-refractivity contribution in [1.82, 2.24) is 19.9 Å². The summed E-state index contributed by atoms with van der Waals surface area (Å²) in [5.41, 5.74) is 4.75. The van der Waals surface area contributed by atoms with Crippen LogP contribution in [0.25, 0.3) is 90.9 Å². The first kappa shape index (κ1) is 37.9. The van der Waals surface area contributed by atoms with E-state index in [4.69, 9.17) is 14.7 Å². The van der Waals surface area contributed by atoms with Crippen LogP contribution in [0.4, 0.5) is 17.6 Å². The highest BCUT2D eigenvalue weighted by Crippen LogP contribution is 2.42. The second-order valence-electron chi connectivity index (χ2n) is 14.3. The average molecular weight is 807 g/mol. The number of aromatic nitrogens is 4. The van der Waals surface area contributed by atoms with Crippen molar-refractivity contribution in [2.45, 2.75) is 19.8 Å². The molecule has 2 aliphatic rings. The van der Waals surface area contributed by atoms with Crippen LogP contribution in [0.5, 0.6) is 23.0 Å². The van der Waals surface area contributed by atoms with Crippen LogP contribution < -0.4 is 4.74 Å². The lowest BCUT2D eigenvalue weighted by molar-refractivity contribution is 0.267. The van der Waals surface area contributed by atoms with Gasteiger partial charge in [-0.05, 0) is 108 Å². The predicted octanol–water partition coefficient (Wildman–Crippen LogP) is 12.2. The summed E-state index contributed by atoms with van der Waals surface area (Å²) in [6.07, 6.45) is 7.71. The Bertz CT molecular complexity index is 3040. The van der Waals surface area contributed by atoms with Gasteiger partial charge in [-0.15, -0.1) is 0 Å². The number of rotatable bonds is 8. The Labute approximate surface area is 340 Å². The first-order valence-corrected chi connectivity index (χ1v) is 19.1. The molecule has 0 spiro atoms. The van der Waals surface area contributed by atoms with Gasteiger partial charge in [0.25, 0.3) is 0 Å². The van der Waals surface area contributed by atoms with E-state index in [1.807, 2.05) is 25.1 Å². The summed E-state index contributed by atoms with van der Waals surface area (Å²) in [5.74, 6) is -7.92. The van der Waals surface area contributed by atoms with Gasteiger partial charge in [-0.1, -0.05) is 49.7 Å². The number of phenolic OH excluding ortho intramolecular Hbond substituents is 3. The third-order valence-electron chi connectivity index (χ3n) is 10.4. The van der Waals surface area contributed by atoms with Gasteiger partial charge in [0, 0.05) is 44.3 Å². The van der Waals surface area contributed by atoms with Crippen molar-refractivity contribution in [2.24, 2.45) is 0 Å². The highest BCUT2D eigenvalue weighted by molar-refractivity contribution is 6.00. The number of hydrogen-bond donors (Lipinski definition) is 5. The van der Waals surface area contributed by atoms with Crippen molar-refractivity contribution in [1.29, 1.82) is 0 Å². The van der Waals surface area contributed by atoms with E-state index in [1.54, 1.807) is 66.7 Å². The van der Waals surface area contributed by atoms with Crippen molar-refractivity contribution in [2.75, 3.05) is 6.61 Å². The molecule has 5 N–H and O–H groups in total. The number of hydrogen-bond acceptors (Lipinski definition) is 6. The van der Waals surface area contributed by atoms with Crippen LogP contribution in [0.2, 0.25) is 0 Å². The zero-order valence-corrected chi connectivity index (χ0v) is 31.8. The van der Waals surface area contributed by atoms with Gasteiger partial charge >= 0.3 is 0 Å². The lowest BCUT2D eigenvalue weighted by Crippen LogP contribution is -2.08. The van der Waals surface area contributed by atoms with Crippen molar-refractivity contribution in [3.05, 3.63) is 143 Å². The molecule has 0 fully saturated rings. The molecule has 0 saturated heterocycles. The van der Waals surface area contributed by atoms with Gasteiger partial charge < -0.3 is 30.0 Å². The van der Waals surface area contributed by atoms with Crippen LogP contribution in [0, 0.1) is 23.3 Å². The fourth-order valence-electron chi connectivity index (χ4n) is 7.64. The number of benzene rings is 4. The highest BCUT2D eigenvalue weighted by Gasteiger charge is 2.30. The minimum absolute atomic E-state index is 0.0347. The minimum atomic E-state index is -1.69. The monoisotopic (exact) mass is 806 g/mol. The normalized spacial score (nSPS) is 12.0. The summed E-state index contributed by atoms with van der Waals surface area (Å²) in [5, 5.41) is 31.8. The Morgan fingerprint density at radius 1 is 0.483 bits per heavy atom. The molecular formula is C48H34F4N4O4. The number of H-pyrrole nitrogens is 2. The lowest BCUT2D eigenvalue weighted by Gasteiger charge is -2.14. The Morgan fingerprint density at radius 2 is 0.850 bits per heavy atom. The van der Waals surface area contributed by atoms with Gasteiger partial charge in [-0.25, -0.2) is 18.7 Å². The number of nitrogens with zero attached hydrogens (tertiary/aromatic N) is 2. The summed E-state index contributed by atoms with van der Waals surface area (Å²) in [6, 6.07) is 26.5. The molecule has 9 rings (SSSR count). The number of aromatic hydroxyl groups is 3. The fraction of sp³-hybridized carbons (Fsp3) is 0.0833. The molecule has 0 amide bonds. The van der Waals surface area contributed by atoms with E-state index in [1.165, 1.54) is 36.4 Å². The molecule has 3 aromatic heterocycles. The van der Waals surface area contributed by atoms with Gasteiger partial charge in [0.05, 0.1) is 34.9 Å². The standard InChI is InChI=1S/C48H34F4N4O4/c1-2-3-21-60-48-46(51)44(49)43(45(50)47(48)52)42-37-19-17-35(55-37)40(26-8-5-11-29(58)23-26)33-15-13-31(53-33)39(25-7-4-10-28(57)22-25)32-14-16-34(54-32)41(36-18-20-38(42)56-36)27-9-6-12-30(59)24-27/h4-20,22-24,53,56-59H,2-3,21H2,1H3. The largest absolute Gasteiger partial charge is 0.508 e. The Balaban J connectivity index is 1.47. The van der Waals surface area contributed by atoms with E-state index >= 15 is 17.6 Å². The molecular weight excluding hydrogens is 773 g/mol. The maximum Gasteiger partial charge on any atom is 0.204 e. The number of ether oxygens (including phenoxy) is 1. The van der Waals surface area contributed by atoms with Crippen LogP contribution in [0.3, 0.4) is 0 Å². The Hall–Kier alpha value is -7.60. The van der Waals surface area contributed by atoms with Crippen LogP contribution in [0.15, 0.2) is 97.1 Å². The Kier molecular flexibility index (Phi) is 9.67. The van der Waals surface area contributed by atoms with E-state index in [2.05, 4.69) is 9.97 Å². The van der Waals surface area contributed by atoms with Gasteiger partial charge in [-0.3, -0.25) is 0 Å². The van der Waals surface area contributed by atoms with Crippen LogP contribution >= 0.6 is 0 Å².